The first-order valence-corrected chi connectivity index (χ1v) is 5.45. The number of methoxy groups -OCH3 is 1. The number of benzene rings is 1. The van der Waals surface area contributed by atoms with Crippen molar-refractivity contribution in [2.45, 2.75) is 6.04 Å². The van der Waals surface area contributed by atoms with Crippen molar-refractivity contribution < 1.29 is 22.7 Å². The SMILES string of the molecule is C=CCN(C)[C@H](C(=O)OC)c1cc(F)c(F)c(F)c1. The van der Waals surface area contributed by atoms with Gasteiger partial charge in [-0.15, -0.1) is 6.58 Å². The highest BCUT2D eigenvalue weighted by molar-refractivity contribution is 5.77. The third kappa shape index (κ3) is 3.35. The highest BCUT2D eigenvalue weighted by atomic mass is 19.2. The van der Waals surface area contributed by atoms with Gasteiger partial charge < -0.3 is 4.74 Å². The van der Waals surface area contributed by atoms with Crippen molar-refractivity contribution in [2.24, 2.45) is 0 Å². The van der Waals surface area contributed by atoms with Gasteiger partial charge in [0.1, 0.15) is 6.04 Å². The molecule has 0 unspecified atom stereocenters. The standard InChI is InChI=1S/C13H14F3NO2/c1-4-5-17(2)12(13(18)19-3)8-6-9(14)11(16)10(15)7-8/h4,6-7,12H,1,5H2,2-3H3/t12-/m0/s1. The number of hydrogen-bond donors (Lipinski definition) is 0. The molecule has 1 aromatic carbocycles. The lowest BCUT2D eigenvalue weighted by atomic mass is 10.0. The van der Waals surface area contributed by atoms with Gasteiger partial charge in [-0.25, -0.2) is 18.0 Å². The Morgan fingerprint density at radius 1 is 1.42 bits per heavy atom. The van der Waals surface area contributed by atoms with Crippen LogP contribution in [-0.4, -0.2) is 31.6 Å². The molecule has 0 aliphatic carbocycles. The predicted molar refractivity (Wildman–Crippen MR) is 63.9 cm³/mol. The molecule has 6 heteroatoms. The number of esters is 1. The van der Waals surface area contributed by atoms with E-state index in [1.807, 2.05) is 0 Å². The third-order valence-corrected chi connectivity index (χ3v) is 2.60. The van der Waals surface area contributed by atoms with Gasteiger partial charge in [0, 0.05) is 6.54 Å². The van der Waals surface area contributed by atoms with E-state index in [1.165, 1.54) is 11.0 Å². The van der Waals surface area contributed by atoms with Crippen molar-refractivity contribution in [3.8, 4) is 0 Å². The molecule has 0 spiro atoms. The Kier molecular flexibility index (Phi) is 5.11. The van der Waals surface area contributed by atoms with Crippen LogP contribution in [0, 0.1) is 17.5 Å². The van der Waals surface area contributed by atoms with Gasteiger partial charge in [-0.3, -0.25) is 4.90 Å². The van der Waals surface area contributed by atoms with E-state index in [4.69, 9.17) is 0 Å². The lowest BCUT2D eigenvalue weighted by Crippen LogP contribution is -2.32. The molecule has 0 fully saturated rings. The summed E-state index contributed by atoms with van der Waals surface area (Å²) < 4.78 is 43.9. The Hall–Kier alpha value is -1.82. The number of halogens is 3. The molecule has 0 aliphatic heterocycles. The molecule has 3 nitrogen and oxygen atoms in total. The fraction of sp³-hybridized carbons (Fsp3) is 0.308. The summed E-state index contributed by atoms with van der Waals surface area (Å²) in [5.41, 5.74) is -0.0207. The zero-order valence-electron chi connectivity index (χ0n) is 10.6. The molecule has 1 aromatic rings. The minimum atomic E-state index is -1.57. The van der Waals surface area contributed by atoms with E-state index in [0.717, 1.165) is 19.2 Å². The minimum Gasteiger partial charge on any atom is -0.468 e. The maximum atomic E-state index is 13.2. The molecule has 0 bridgehead atoms. The van der Waals surface area contributed by atoms with Crippen molar-refractivity contribution >= 4 is 5.97 Å². The molecule has 0 aliphatic rings. The second-order valence-corrected chi connectivity index (χ2v) is 3.95. The van der Waals surface area contributed by atoms with Gasteiger partial charge in [-0.2, -0.15) is 0 Å². The number of nitrogens with zero attached hydrogens (tertiary/aromatic N) is 1. The van der Waals surface area contributed by atoms with Gasteiger partial charge in [-0.1, -0.05) is 6.08 Å². The van der Waals surface area contributed by atoms with E-state index in [-0.39, 0.29) is 5.56 Å². The molecular formula is C13H14F3NO2. The van der Waals surface area contributed by atoms with Crippen LogP contribution in [0.2, 0.25) is 0 Å². The number of rotatable bonds is 5. The van der Waals surface area contributed by atoms with Gasteiger partial charge in [0.25, 0.3) is 0 Å². The second-order valence-electron chi connectivity index (χ2n) is 3.95. The van der Waals surface area contributed by atoms with Crippen LogP contribution in [-0.2, 0) is 9.53 Å². The first kappa shape index (κ1) is 15.2. The molecule has 0 heterocycles. The topological polar surface area (TPSA) is 29.5 Å². The first-order chi connectivity index (χ1) is 8.92. The van der Waals surface area contributed by atoms with E-state index < -0.39 is 29.5 Å². The Labute approximate surface area is 109 Å². The van der Waals surface area contributed by atoms with Gasteiger partial charge in [0.05, 0.1) is 7.11 Å². The summed E-state index contributed by atoms with van der Waals surface area (Å²) in [6.07, 6.45) is 1.52. The number of carbonyl (C=O) groups is 1. The molecule has 0 radical (unpaired) electrons. The number of hydrogen-bond acceptors (Lipinski definition) is 3. The monoisotopic (exact) mass is 273 g/mol. The summed E-state index contributed by atoms with van der Waals surface area (Å²) in [6, 6.07) is 0.520. The van der Waals surface area contributed by atoms with E-state index in [1.54, 1.807) is 7.05 Å². The van der Waals surface area contributed by atoms with Crippen molar-refractivity contribution in [3.63, 3.8) is 0 Å². The van der Waals surface area contributed by atoms with E-state index in [0.29, 0.717) is 6.54 Å². The van der Waals surface area contributed by atoms with E-state index >= 15 is 0 Å². The lowest BCUT2D eigenvalue weighted by Gasteiger charge is -2.25. The van der Waals surface area contributed by atoms with Crippen molar-refractivity contribution in [3.05, 3.63) is 47.8 Å². The predicted octanol–water partition coefficient (Wildman–Crippen LogP) is 2.44. The number of likely N-dealkylation sites (N-methyl/N-ethyl adjacent to an activating group) is 1. The van der Waals surface area contributed by atoms with Gasteiger partial charge in [0.15, 0.2) is 17.5 Å². The molecule has 0 amide bonds. The maximum Gasteiger partial charge on any atom is 0.327 e. The first-order valence-electron chi connectivity index (χ1n) is 5.45. The molecular weight excluding hydrogens is 259 g/mol. The zero-order chi connectivity index (χ0) is 14.6. The van der Waals surface area contributed by atoms with Crippen molar-refractivity contribution in [1.82, 2.24) is 4.90 Å². The number of ether oxygens (including phenoxy) is 1. The third-order valence-electron chi connectivity index (χ3n) is 2.60. The summed E-state index contributed by atoms with van der Waals surface area (Å²) >= 11 is 0. The molecule has 0 N–H and O–H groups in total. The summed E-state index contributed by atoms with van der Waals surface area (Å²) in [7, 11) is 2.72. The summed E-state index contributed by atoms with van der Waals surface area (Å²) in [4.78, 5) is 13.2. The fourth-order valence-electron chi connectivity index (χ4n) is 1.72. The fourth-order valence-corrected chi connectivity index (χ4v) is 1.72. The quantitative estimate of drug-likeness (QED) is 0.469. The second kappa shape index (κ2) is 6.38. The van der Waals surface area contributed by atoms with Gasteiger partial charge >= 0.3 is 5.97 Å². The highest BCUT2D eigenvalue weighted by Crippen LogP contribution is 2.24. The molecule has 0 saturated heterocycles. The summed E-state index contributed by atoms with van der Waals surface area (Å²) in [6.45, 7) is 3.80. The Morgan fingerprint density at radius 2 is 1.95 bits per heavy atom. The average Bonchev–Trinajstić information content (AvgIpc) is 2.36. The smallest absolute Gasteiger partial charge is 0.327 e. The summed E-state index contributed by atoms with van der Waals surface area (Å²) in [5.74, 6) is -4.97. The molecule has 0 saturated carbocycles. The molecule has 104 valence electrons. The minimum absolute atomic E-state index is 0.0207. The van der Waals surface area contributed by atoms with Crippen LogP contribution in [0.15, 0.2) is 24.8 Å². The Bertz CT molecular complexity index is 468. The average molecular weight is 273 g/mol. The number of carbonyl (C=O) groups excluding carboxylic acids is 1. The lowest BCUT2D eigenvalue weighted by molar-refractivity contribution is -0.146. The van der Waals surface area contributed by atoms with Gasteiger partial charge in [0.2, 0.25) is 0 Å². The van der Waals surface area contributed by atoms with Crippen LogP contribution in [0.4, 0.5) is 13.2 Å². The van der Waals surface area contributed by atoms with Crippen LogP contribution in [0.5, 0.6) is 0 Å². The van der Waals surface area contributed by atoms with Gasteiger partial charge in [-0.05, 0) is 24.7 Å². The van der Waals surface area contributed by atoms with Crippen LogP contribution >= 0.6 is 0 Å². The Balaban J connectivity index is 3.24. The van der Waals surface area contributed by atoms with Crippen LogP contribution in [0.1, 0.15) is 11.6 Å². The van der Waals surface area contributed by atoms with Crippen LogP contribution < -0.4 is 0 Å². The molecule has 19 heavy (non-hydrogen) atoms. The van der Waals surface area contributed by atoms with E-state index in [9.17, 15) is 18.0 Å². The zero-order valence-corrected chi connectivity index (χ0v) is 10.6. The highest BCUT2D eigenvalue weighted by Gasteiger charge is 2.27. The van der Waals surface area contributed by atoms with Crippen LogP contribution in [0.3, 0.4) is 0 Å². The summed E-state index contributed by atoms with van der Waals surface area (Å²) in [5, 5.41) is 0. The Morgan fingerprint density at radius 3 is 2.37 bits per heavy atom. The van der Waals surface area contributed by atoms with Crippen molar-refractivity contribution in [1.29, 1.82) is 0 Å². The normalized spacial score (nSPS) is 12.3. The van der Waals surface area contributed by atoms with Crippen molar-refractivity contribution in [2.75, 3.05) is 20.7 Å². The maximum absolute atomic E-state index is 13.2. The molecule has 0 aromatic heterocycles. The largest absolute Gasteiger partial charge is 0.468 e. The molecule has 1 rings (SSSR count). The van der Waals surface area contributed by atoms with E-state index in [2.05, 4.69) is 11.3 Å². The van der Waals surface area contributed by atoms with Crippen LogP contribution in [0.25, 0.3) is 0 Å². The molecule has 1 atom stereocenters.